The summed E-state index contributed by atoms with van der Waals surface area (Å²) in [4.78, 5) is 19.1. The molecule has 1 saturated heterocycles. The van der Waals surface area contributed by atoms with Crippen molar-refractivity contribution in [1.29, 1.82) is 5.26 Å². The van der Waals surface area contributed by atoms with E-state index in [1.54, 1.807) is 12.3 Å². The normalized spacial score (nSPS) is 16.2. The van der Waals surface area contributed by atoms with Crippen LogP contribution in [0.3, 0.4) is 0 Å². The summed E-state index contributed by atoms with van der Waals surface area (Å²) in [5.74, 6) is 6.07. The average molecular weight is 343 g/mol. The van der Waals surface area contributed by atoms with E-state index in [0.717, 1.165) is 40.9 Å². The third-order valence-electron chi connectivity index (χ3n) is 4.82. The van der Waals surface area contributed by atoms with E-state index in [1.165, 1.54) is 0 Å². The summed E-state index contributed by atoms with van der Waals surface area (Å²) in [6, 6.07) is 9.74. The molecule has 1 amide bonds. The Bertz CT molecular complexity index is 919. The lowest BCUT2D eigenvalue weighted by atomic mass is 9.88. The van der Waals surface area contributed by atoms with Crippen LogP contribution in [0.2, 0.25) is 0 Å². The smallest absolute Gasteiger partial charge is 0.230 e. The van der Waals surface area contributed by atoms with Crippen LogP contribution in [0.4, 0.5) is 0 Å². The molecule has 0 radical (unpaired) electrons. The first-order valence-electron chi connectivity index (χ1n) is 8.71. The Labute approximate surface area is 154 Å². The predicted octanol–water partition coefficient (Wildman–Crippen LogP) is 3.46. The first kappa shape index (κ1) is 17.7. The second-order valence-corrected chi connectivity index (χ2v) is 6.65. The highest BCUT2D eigenvalue weighted by Crippen LogP contribution is 2.34. The lowest BCUT2D eigenvalue weighted by molar-refractivity contribution is -0.129. The van der Waals surface area contributed by atoms with E-state index < -0.39 is 0 Å². The van der Waals surface area contributed by atoms with Gasteiger partial charge in [0.05, 0.1) is 23.7 Å². The molecule has 130 valence electrons. The average Bonchev–Trinajstić information content (AvgIpc) is 2.96. The van der Waals surface area contributed by atoms with Gasteiger partial charge in [0.2, 0.25) is 5.91 Å². The zero-order chi connectivity index (χ0) is 18.7. The first-order chi connectivity index (χ1) is 12.5. The fourth-order valence-electron chi connectivity index (χ4n) is 3.68. The highest BCUT2D eigenvalue weighted by molar-refractivity contribution is 5.86. The standard InChI is InChI=1S/C22H21N3O/c1-4-5-17-10-15(2)21(16(3)11-17)20-8-9-25(22(20)26)14-19-7-6-18(12-23)13-24-19/h6-7,10-11,13,20H,8-9,14H2,1-3H3. The van der Waals surface area contributed by atoms with Gasteiger partial charge in [0, 0.05) is 18.3 Å². The topological polar surface area (TPSA) is 57.0 Å². The minimum atomic E-state index is -0.1000. The zero-order valence-electron chi connectivity index (χ0n) is 15.3. The number of aromatic nitrogens is 1. The molecule has 3 rings (SSSR count). The maximum absolute atomic E-state index is 13.0. The Kier molecular flexibility index (Phi) is 5.05. The van der Waals surface area contributed by atoms with Gasteiger partial charge in [0.1, 0.15) is 6.07 Å². The van der Waals surface area contributed by atoms with Crippen molar-refractivity contribution in [2.24, 2.45) is 0 Å². The maximum Gasteiger partial charge on any atom is 0.230 e. The van der Waals surface area contributed by atoms with Crippen molar-refractivity contribution >= 4 is 5.91 Å². The second kappa shape index (κ2) is 7.42. The molecule has 0 N–H and O–H groups in total. The monoisotopic (exact) mass is 343 g/mol. The van der Waals surface area contributed by atoms with Crippen molar-refractivity contribution in [2.75, 3.05) is 6.54 Å². The third-order valence-corrected chi connectivity index (χ3v) is 4.82. The molecule has 1 aromatic carbocycles. The summed E-state index contributed by atoms with van der Waals surface area (Å²) >= 11 is 0. The van der Waals surface area contributed by atoms with Gasteiger partial charge in [-0.2, -0.15) is 5.26 Å². The molecule has 1 atom stereocenters. The quantitative estimate of drug-likeness (QED) is 0.802. The number of likely N-dealkylation sites (tertiary alicyclic amines) is 1. The number of aryl methyl sites for hydroxylation is 2. The molecule has 2 aromatic rings. The summed E-state index contributed by atoms with van der Waals surface area (Å²) in [6.45, 7) is 7.15. The van der Waals surface area contributed by atoms with E-state index in [9.17, 15) is 4.79 Å². The molecule has 2 heterocycles. The number of carbonyl (C=O) groups excluding carboxylic acids is 1. The van der Waals surface area contributed by atoms with Crippen molar-refractivity contribution in [3.05, 3.63) is 64.0 Å². The summed E-state index contributed by atoms with van der Waals surface area (Å²) in [5.41, 5.74) is 5.71. The summed E-state index contributed by atoms with van der Waals surface area (Å²) in [5, 5.41) is 8.86. The molecule has 4 heteroatoms. The number of hydrogen-bond donors (Lipinski definition) is 0. The van der Waals surface area contributed by atoms with Crippen molar-refractivity contribution in [3.63, 3.8) is 0 Å². The molecule has 0 spiro atoms. The van der Waals surface area contributed by atoms with Crippen molar-refractivity contribution in [2.45, 2.75) is 39.7 Å². The number of hydrogen-bond acceptors (Lipinski definition) is 3. The van der Waals surface area contributed by atoms with E-state index in [4.69, 9.17) is 5.26 Å². The number of nitriles is 1. The molecule has 1 aromatic heterocycles. The fourth-order valence-corrected chi connectivity index (χ4v) is 3.68. The van der Waals surface area contributed by atoms with Crippen molar-refractivity contribution in [1.82, 2.24) is 9.88 Å². The minimum absolute atomic E-state index is 0.1000. The number of benzene rings is 1. The van der Waals surface area contributed by atoms with Crippen LogP contribution >= 0.6 is 0 Å². The number of amides is 1. The van der Waals surface area contributed by atoms with Gasteiger partial charge in [-0.3, -0.25) is 9.78 Å². The Morgan fingerprint density at radius 2 is 1.96 bits per heavy atom. The van der Waals surface area contributed by atoms with Gasteiger partial charge in [-0.15, -0.1) is 5.92 Å². The number of nitrogens with zero attached hydrogens (tertiary/aromatic N) is 3. The van der Waals surface area contributed by atoms with Crippen molar-refractivity contribution < 1.29 is 4.79 Å². The van der Waals surface area contributed by atoms with Crippen LogP contribution in [-0.4, -0.2) is 22.3 Å². The second-order valence-electron chi connectivity index (χ2n) is 6.65. The van der Waals surface area contributed by atoms with Gasteiger partial charge in [0.15, 0.2) is 0 Å². The molecule has 1 aliphatic rings. The van der Waals surface area contributed by atoms with Crippen molar-refractivity contribution in [3.8, 4) is 17.9 Å². The Morgan fingerprint density at radius 3 is 2.54 bits per heavy atom. The third kappa shape index (κ3) is 3.46. The van der Waals surface area contributed by atoms with Gasteiger partial charge >= 0.3 is 0 Å². The van der Waals surface area contributed by atoms with Crippen LogP contribution in [-0.2, 0) is 11.3 Å². The van der Waals surface area contributed by atoms with Crippen LogP contribution < -0.4 is 0 Å². The molecule has 1 fully saturated rings. The Morgan fingerprint density at radius 1 is 1.23 bits per heavy atom. The first-order valence-corrected chi connectivity index (χ1v) is 8.71. The predicted molar refractivity (Wildman–Crippen MR) is 100 cm³/mol. The summed E-state index contributed by atoms with van der Waals surface area (Å²) in [7, 11) is 0. The molecular weight excluding hydrogens is 322 g/mol. The van der Waals surface area contributed by atoms with Crippen LogP contribution in [0, 0.1) is 37.0 Å². The summed E-state index contributed by atoms with van der Waals surface area (Å²) < 4.78 is 0. The highest BCUT2D eigenvalue weighted by Gasteiger charge is 2.34. The summed E-state index contributed by atoms with van der Waals surface area (Å²) in [6.07, 6.45) is 2.37. The molecule has 1 aliphatic heterocycles. The molecule has 0 bridgehead atoms. The van der Waals surface area contributed by atoms with Gasteiger partial charge < -0.3 is 4.90 Å². The molecule has 1 unspecified atom stereocenters. The van der Waals surface area contributed by atoms with Gasteiger partial charge in [-0.25, -0.2) is 0 Å². The molecule has 26 heavy (non-hydrogen) atoms. The SMILES string of the molecule is CC#Cc1cc(C)c(C2CCN(Cc3ccc(C#N)cn3)C2=O)c(C)c1. The minimum Gasteiger partial charge on any atom is -0.336 e. The molecule has 4 nitrogen and oxygen atoms in total. The number of carbonyl (C=O) groups is 1. The van der Waals surface area contributed by atoms with Gasteiger partial charge in [-0.05, 0) is 68.1 Å². The zero-order valence-corrected chi connectivity index (χ0v) is 15.3. The highest BCUT2D eigenvalue weighted by atomic mass is 16.2. The Balaban J connectivity index is 1.80. The van der Waals surface area contributed by atoms with E-state index in [1.807, 2.05) is 17.9 Å². The molecule has 0 aliphatic carbocycles. The molecular formula is C22H21N3O. The number of pyridine rings is 1. The fraction of sp³-hybridized carbons (Fsp3) is 0.318. The van der Waals surface area contributed by atoms with Crippen LogP contribution in [0.5, 0.6) is 0 Å². The van der Waals surface area contributed by atoms with Gasteiger partial charge in [-0.1, -0.05) is 5.92 Å². The Hall–Kier alpha value is -3.11. The van der Waals surface area contributed by atoms with Crippen LogP contribution in [0.25, 0.3) is 0 Å². The van der Waals surface area contributed by atoms with Crippen LogP contribution in [0.15, 0.2) is 30.5 Å². The van der Waals surface area contributed by atoms with E-state index in [2.05, 4.69) is 48.9 Å². The molecule has 0 saturated carbocycles. The lowest BCUT2D eigenvalue weighted by Gasteiger charge is -2.19. The van der Waals surface area contributed by atoms with Crippen LogP contribution in [0.1, 0.15) is 52.8 Å². The van der Waals surface area contributed by atoms with E-state index >= 15 is 0 Å². The number of rotatable bonds is 3. The largest absolute Gasteiger partial charge is 0.336 e. The van der Waals surface area contributed by atoms with Gasteiger partial charge in [0.25, 0.3) is 0 Å². The van der Waals surface area contributed by atoms with E-state index in [0.29, 0.717) is 12.1 Å². The van der Waals surface area contributed by atoms with E-state index in [-0.39, 0.29) is 11.8 Å². The lowest BCUT2D eigenvalue weighted by Crippen LogP contribution is -2.27. The maximum atomic E-state index is 13.0.